The molecule has 122 valence electrons. The molecule has 1 aromatic rings. The Morgan fingerprint density at radius 1 is 1.00 bits per heavy atom. The maximum absolute atomic E-state index is 12.5. The number of Topliss-reactive ketones (excluding diaryl/α,β-unsaturated/α-hetero) is 1. The first-order valence-electron chi connectivity index (χ1n) is 8.50. The van der Waals surface area contributed by atoms with Crippen molar-refractivity contribution in [2.45, 2.75) is 71.6 Å². The average molecular weight is 320 g/mol. The lowest BCUT2D eigenvalue weighted by atomic mass is 10.00. The predicted molar refractivity (Wildman–Crippen MR) is 94.6 cm³/mol. The fourth-order valence-corrected chi connectivity index (χ4v) is 3.05. The molecule has 0 saturated carbocycles. The summed E-state index contributed by atoms with van der Waals surface area (Å²) in [4.78, 5) is 25.3. The monoisotopic (exact) mass is 320 g/mol. The van der Waals surface area contributed by atoms with Crippen LogP contribution in [0.5, 0.6) is 0 Å². The minimum Gasteiger partial charge on any atom is -0.295 e. The van der Waals surface area contributed by atoms with E-state index < -0.39 is 0 Å². The number of hydrogen-bond donors (Lipinski definition) is 0. The van der Waals surface area contributed by atoms with Gasteiger partial charge in [0.1, 0.15) is 0 Å². The lowest BCUT2D eigenvalue weighted by Gasteiger charge is -2.05. The van der Waals surface area contributed by atoms with E-state index in [2.05, 4.69) is 13.8 Å². The van der Waals surface area contributed by atoms with E-state index >= 15 is 0 Å². The first-order chi connectivity index (χ1) is 10.7. The Labute approximate surface area is 138 Å². The van der Waals surface area contributed by atoms with Gasteiger partial charge < -0.3 is 0 Å². The molecule has 3 heteroatoms. The number of unbranched alkanes of at least 4 members (excludes halogenated alkanes) is 5. The summed E-state index contributed by atoms with van der Waals surface area (Å²) in [7, 11) is 0. The van der Waals surface area contributed by atoms with E-state index in [1.54, 1.807) is 6.08 Å². The third-order valence-corrected chi connectivity index (χ3v) is 4.57. The van der Waals surface area contributed by atoms with Crippen LogP contribution in [0.25, 0.3) is 0 Å². The molecule has 1 heterocycles. The van der Waals surface area contributed by atoms with Gasteiger partial charge in [0.05, 0.1) is 4.88 Å². The number of carbonyl (C=O) groups excluding carboxylic acids is 2. The highest BCUT2D eigenvalue weighted by Gasteiger charge is 2.14. The number of ketones is 2. The van der Waals surface area contributed by atoms with Crippen molar-refractivity contribution in [3.05, 3.63) is 34.0 Å². The third-order valence-electron chi connectivity index (χ3n) is 3.70. The summed E-state index contributed by atoms with van der Waals surface area (Å²) in [6.45, 7) is 4.28. The van der Waals surface area contributed by atoms with Gasteiger partial charge in [-0.15, -0.1) is 11.3 Å². The normalized spacial score (nSPS) is 11.6. The van der Waals surface area contributed by atoms with Crippen LogP contribution in [0.2, 0.25) is 0 Å². The Kier molecular flexibility index (Phi) is 9.72. The van der Waals surface area contributed by atoms with Gasteiger partial charge in [0, 0.05) is 12.0 Å². The van der Waals surface area contributed by atoms with Crippen LogP contribution in [-0.4, -0.2) is 11.6 Å². The van der Waals surface area contributed by atoms with Gasteiger partial charge in [-0.3, -0.25) is 9.59 Å². The maximum Gasteiger partial charge on any atom is 0.199 e. The van der Waals surface area contributed by atoms with Gasteiger partial charge in [0.15, 0.2) is 11.6 Å². The second-order valence-electron chi connectivity index (χ2n) is 5.71. The molecule has 0 unspecified atom stereocenters. The van der Waals surface area contributed by atoms with Crippen molar-refractivity contribution >= 4 is 22.9 Å². The van der Waals surface area contributed by atoms with Gasteiger partial charge in [-0.1, -0.05) is 52.0 Å². The molecule has 0 saturated heterocycles. The average Bonchev–Trinajstić information content (AvgIpc) is 3.05. The van der Waals surface area contributed by atoms with Crippen LogP contribution in [0.4, 0.5) is 0 Å². The van der Waals surface area contributed by atoms with Crippen molar-refractivity contribution < 1.29 is 9.59 Å². The van der Waals surface area contributed by atoms with Gasteiger partial charge in [-0.25, -0.2) is 0 Å². The summed E-state index contributed by atoms with van der Waals surface area (Å²) < 4.78 is 0. The molecule has 0 radical (unpaired) electrons. The SMILES string of the molecule is CCCCCCCC(=O)/C=C(\CCCC)C(=O)c1cccs1. The number of hydrogen-bond acceptors (Lipinski definition) is 3. The Hall–Kier alpha value is -1.22. The van der Waals surface area contributed by atoms with E-state index in [0.29, 0.717) is 18.4 Å². The number of carbonyl (C=O) groups is 2. The Bertz CT molecular complexity index is 472. The zero-order valence-electron chi connectivity index (χ0n) is 13.9. The molecule has 0 atom stereocenters. The fourth-order valence-electron chi connectivity index (χ4n) is 2.35. The minimum atomic E-state index is 0.0304. The van der Waals surface area contributed by atoms with Crippen molar-refractivity contribution in [2.75, 3.05) is 0 Å². The van der Waals surface area contributed by atoms with Crippen LogP contribution < -0.4 is 0 Å². The van der Waals surface area contributed by atoms with Gasteiger partial charge in [0.25, 0.3) is 0 Å². The summed E-state index contributed by atoms with van der Waals surface area (Å²) in [5.41, 5.74) is 0.683. The van der Waals surface area contributed by atoms with Crippen LogP contribution in [0.3, 0.4) is 0 Å². The van der Waals surface area contributed by atoms with Crippen LogP contribution in [0, 0.1) is 0 Å². The molecule has 0 spiro atoms. The van der Waals surface area contributed by atoms with E-state index in [1.807, 2.05) is 17.5 Å². The van der Waals surface area contributed by atoms with Crippen LogP contribution in [-0.2, 0) is 4.79 Å². The summed E-state index contributed by atoms with van der Waals surface area (Å²) in [5, 5.41) is 1.90. The molecular weight excluding hydrogens is 292 g/mol. The zero-order valence-corrected chi connectivity index (χ0v) is 14.7. The standard InChI is InChI=1S/C19H28O2S/c1-3-5-7-8-9-12-17(20)15-16(11-6-4-2)19(21)18-13-10-14-22-18/h10,13-15H,3-9,11-12H2,1-2H3/b16-15+. The lowest BCUT2D eigenvalue weighted by Crippen LogP contribution is -2.05. The van der Waals surface area contributed by atoms with E-state index in [-0.39, 0.29) is 11.6 Å². The number of allylic oxidation sites excluding steroid dienone is 2. The molecule has 1 aromatic heterocycles. The highest BCUT2D eigenvalue weighted by molar-refractivity contribution is 7.12. The fraction of sp³-hybridized carbons (Fsp3) is 0.579. The maximum atomic E-state index is 12.5. The number of thiophene rings is 1. The molecule has 2 nitrogen and oxygen atoms in total. The molecule has 22 heavy (non-hydrogen) atoms. The predicted octanol–water partition coefficient (Wildman–Crippen LogP) is 5.98. The van der Waals surface area contributed by atoms with E-state index in [9.17, 15) is 9.59 Å². The second kappa shape index (κ2) is 11.4. The van der Waals surface area contributed by atoms with Crippen molar-refractivity contribution in [3.63, 3.8) is 0 Å². The summed E-state index contributed by atoms with van der Waals surface area (Å²) >= 11 is 1.45. The largest absolute Gasteiger partial charge is 0.295 e. The van der Waals surface area contributed by atoms with Gasteiger partial charge in [-0.2, -0.15) is 0 Å². The Morgan fingerprint density at radius 3 is 2.36 bits per heavy atom. The molecule has 0 bridgehead atoms. The first-order valence-corrected chi connectivity index (χ1v) is 9.38. The zero-order chi connectivity index (χ0) is 16.2. The smallest absolute Gasteiger partial charge is 0.199 e. The van der Waals surface area contributed by atoms with Gasteiger partial charge in [-0.05, 0) is 36.8 Å². The Morgan fingerprint density at radius 2 is 1.73 bits per heavy atom. The molecule has 0 fully saturated rings. The molecule has 0 amide bonds. The molecule has 0 N–H and O–H groups in total. The van der Waals surface area contributed by atoms with E-state index in [4.69, 9.17) is 0 Å². The van der Waals surface area contributed by atoms with Crippen LogP contribution in [0.1, 0.15) is 81.3 Å². The molecule has 0 aliphatic heterocycles. The van der Waals surface area contributed by atoms with Crippen molar-refractivity contribution in [1.82, 2.24) is 0 Å². The van der Waals surface area contributed by atoms with Gasteiger partial charge >= 0.3 is 0 Å². The first kappa shape index (κ1) is 18.8. The Balaban J connectivity index is 2.58. The highest BCUT2D eigenvalue weighted by atomic mass is 32.1. The molecule has 0 aliphatic carbocycles. The molecular formula is C19H28O2S. The van der Waals surface area contributed by atoms with E-state index in [0.717, 1.165) is 30.6 Å². The minimum absolute atomic E-state index is 0.0304. The second-order valence-corrected chi connectivity index (χ2v) is 6.66. The summed E-state index contributed by atoms with van der Waals surface area (Å²) in [6.07, 6.45) is 10.5. The quantitative estimate of drug-likeness (QED) is 0.270. The number of rotatable bonds is 12. The van der Waals surface area contributed by atoms with Crippen molar-refractivity contribution in [3.8, 4) is 0 Å². The molecule has 0 aliphatic rings. The summed E-state index contributed by atoms with van der Waals surface area (Å²) in [6, 6.07) is 3.72. The molecule has 1 rings (SSSR count). The van der Waals surface area contributed by atoms with Crippen LogP contribution >= 0.6 is 11.3 Å². The summed E-state index contributed by atoms with van der Waals surface area (Å²) in [5.74, 6) is 0.135. The van der Waals surface area contributed by atoms with Crippen molar-refractivity contribution in [2.24, 2.45) is 0 Å². The van der Waals surface area contributed by atoms with Crippen molar-refractivity contribution in [1.29, 1.82) is 0 Å². The van der Waals surface area contributed by atoms with Gasteiger partial charge in [0.2, 0.25) is 0 Å². The topological polar surface area (TPSA) is 34.1 Å². The van der Waals surface area contributed by atoms with E-state index in [1.165, 1.54) is 30.6 Å². The third kappa shape index (κ3) is 7.17. The molecule has 0 aromatic carbocycles. The highest BCUT2D eigenvalue weighted by Crippen LogP contribution is 2.19. The van der Waals surface area contributed by atoms with Crippen LogP contribution in [0.15, 0.2) is 29.2 Å². The lowest BCUT2D eigenvalue weighted by molar-refractivity contribution is -0.114.